The largest absolute Gasteiger partial charge is 0.222 e. The van der Waals surface area contributed by atoms with Gasteiger partial charge in [-0.05, 0) is 6.92 Å². The molecule has 15 heavy (non-hydrogen) atoms. The van der Waals surface area contributed by atoms with Crippen molar-refractivity contribution in [3.05, 3.63) is 28.7 Å². The zero-order valence-corrected chi connectivity index (χ0v) is 10.1. The quantitative estimate of drug-likeness (QED) is 0.643. The Balaban J connectivity index is 2.66. The molecule has 0 aromatic carbocycles. The maximum absolute atomic E-state index is 5.96. The molecule has 0 N–H and O–H groups in total. The lowest BCUT2D eigenvalue weighted by molar-refractivity contribution is 0.562. The Kier molecular flexibility index (Phi) is 2.23. The summed E-state index contributed by atoms with van der Waals surface area (Å²) in [6.07, 6.45) is 1.90. The summed E-state index contributed by atoms with van der Waals surface area (Å²) in [6, 6.07) is 1.98. The monoisotopic (exact) mass is 223 g/mol. The summed E-state index contributed by atoms with van der Waals surface area (Å²) >= 11 is 5.96. The molecular weight excluding hydrogens is 210 g/mol. The molecule has 0 bridgehead atoms. The second kappa shape index (κ2) is 3.20. The minimum atomic E-state index is 0.0358. The molecular formula is C11H14ClN3. The zero-order valence-electron chi connectivity index (χ0n) is 9.37. The molecule has 2 rings (SSSR count). The maximum atomic E-state index is 5.96. The van der Waals surface area contributed by atoms with Gasteiger partial charge < -0.3 is 0 Å². The van der Waals surface area contributed by atoms with Crippen LogP contribution in [0, 0.1) is 6.92 Å². The fraction of sp³-hybridized carbons (Fsp3) is 0.455. The number of rotatable bonds is 0. The van der Waals surface area contributed by atoms with E-state index in [1.807, 2.05) is 19.2 Å². The third kappa shape index (κ3) is 1.84. The van der Waals surface area contributed by atoms with Gasteiger partial charge in [0.1, 0.15) is 5.15 Å². The van der Waals surface area contributed by atoms with Crippen molar-refractivity contribution in [1.82, 2.24) is 14.6 Å². The summed E-state index contributed by atoms with van der Waals surface area (Å²) in [5, 5.41) is 5.03. The highest BCUT2D eigenvalue weighted by Crippen LogP contribution is 2.22. The lowest BCUT2D eigenvalue weighted by atomic mass is 9.93. The van der Waals surface area contributed by atoms with Crippen LogP contribution < -0.4 is 0 Å². The van der Waals surface area contributed by atoms with Crippen molar-refractivity contribution in [1.29, 1.82) is 0 Å². The molecule has 2 aromatic rings. The summed E-state index contributed by atoms with van der Waals surface area (Å²) in [5.41, 5.74) is 2.80. The first-order valence-corrected chi connectivity index (χ1v) is 5.29. The first kappa shape index (κ1) is 10.4. The van der Waals surface area contributed by atoms with E-state index in [9.17, 15) is 0 Å². The summed E-state index contributed by atoms with van der Waals surface area (Å²) in [7, 11) is 0. The predicted molar refractivity (Wildman–Crippen MR) is 61.4 cm³/mol. The Bertz CT molecular complexity index is 469. The highest BCUT2D eigenvalue weighted by atomic mass is 35.5. The molecule has 2 heterocycles. The molecule has 0 aliphatic heterocycles. The van der Waals surface area contributed by atoms with Crippen LogP contribution >= 0.6 is 11.6 Å². The van der Waals surface area contributed by atoms with E-state index in [-0.39, 0.29) is 5.41 Å². The van der Waals surface area contributed by atoms with Crippen LogP contribution in [0.4, 0.5) is 0 Å². The molecule has 0 aliphatic rings. The first-order chi connectivity index (χ1) is 6.88. The van der Waals surface area contributed by atoms with Gasteiger partial charge in [-0.15, -0.1) is 0 Å². The summed E-state index contributed by atoms with van der Waals surface area (Å²) in [4.78, 5) is 4.28. The molecule has 4 heteroatoms. The van der Waals surface area contributed by atoms with Crippen molar-refractivity contribution in [2.45, 2.75) is 33.1 Å². The van der Waals surface area contributed by atoms with Gasteiger partial charge in [-0.1, -0.05) is 32.4 Å². The summed E-state index contributed by atoms with van der Waals surface area (Å²) in [5.74, 6) is 0. The van der Waals surface area contributed by atoms with Gasteiger partial charge in [-0.2, -0.15) is 5.10 Å². The van der Waals surface area contributed by atoms with Crippen LogP contribution in [-0.4, -0.2) is 14.6 Å². The van der Waals surface area contributed by atoms with Crippen molar-refractivity contribution < 1.29 is 0 Å². The maximum Gasteiger partial charge on any atom is 0.156 e. The second-order valence-electron chi connectivity index (χ2n) is 4.80. The molecule has 0 amide bonds. The fourth-order valence-corrected chi connectivity index (χ4v) is 1.49. The van der Waals surface area contributed by atoms with Gasteiger partial charge in [0.15, 0.2) is 5.65 Å². The number of fused-ring (bicyclic) bond motifs is 1. The van der Waals surface area contributed by atoms with E-state index in [2.05, 4.69) is 30.9 Å². The number of nitrogens with zero attached hydrogens (tertiary/aromatic N) is 3. The fourth-order valence-electron chi connectivity index (χ4n) is 1.36. The van der Waals surface area contributed by atoms with Crippen LogP contribution in [0.5, 0.6) is 0 Å². The third-order valence-electron chi connectivity index (χ3n) is 2.34. The highest BCUT2D eigenvalue weighted by Gasteiger charge is 2.18. The number of aromatic nitrogens is 3. The Morgan fingerprint density at radius 3 is 2.60 bits per heavy atom. The SMILES string of the molecule is Cc1cn2nc(C(C)(C)C)cc2nc1Cl. The minimum absolute atomic E-state index is 0.0358. The van der Waals surface area contributed by atoms with Gasteiger partial charge in [-0.3, -0.25) is 0 Å². The average Bonchev–Trinajstić information content (AvgIpc) is 2.47. The van der Waals surface area contributed by atoms with Crippen LogP contribution in [0.25, 0.3) is 5.65 Å². The zero-order chi connectivity index (χ0) is 11.2. The number of hydrogen-bond donors (Lipinski definition) is 0. The Labute approximate surface area is 94.1 Å². The van der Waals surface area contributed by atoms with Gasteiger partial charge in [0.25, 0.3) is 0 Å². The lowest BCUT2D eigenvalue weighted by Gasteiger charge is -2.13. The van der Waals surface area contributed by atoms with Crippen LogP contribution in [0.1, 0.15) is 32.0 Å². The molecule has 80 valence electrons. The Morgan fingerprint density at radius 2 is 2.00 bits per heavy atom. The van der Waals surface area contributed by atoms with Crippen LogP contribution in [0.2, 0.25) is 5.15 Å². The minimum Gasteiger partial charge on any atom is -0.222 e. The standard InChI is InChI=1S/C11H14ClN3/c1-7-6-15-9(13-10(7)12)5-8(14-15)11(2,3)4/h5-6H,1-4H3. The first-order valence-electron chi connectivity index (χ1n) is 4.91. The average molecular weight is 224 g/mol. The van der Waals surface area contributed by atoms with Gasteiger partial charge in [0.2, 0.25) is 0 Å². The van der Waals surface area contributed by atoms with E-state index in [1.165, 1.54) is 0 Å². The summed E-state index contributed by atoms with van der Waals surface area (Å²) < 4.78 is 1.78. The molecule has 0 atom stereocenters. The van der Waals surface area contributed by atoms with E-state index in [0.29, 0.717) is 5.15 Å². The van der Waals surface area contributed by atoms with Gasteiger partial charge in [-0.25, -0.2) is 9.50 Å². The van der Waals surface area contributed by atoms with Crippen molar-refractivity contribution in [3.8, 4) is 0 Å². The Morgan fingerprint density at radius 1 is 1.33 bits per heavy atom. The molecule has 0 saturated heterocycles. The molecule has 0 fully saturated rings. The van der Waals surface area contributed by atoms with E-state index in [1.54, 1.807) is 4.52 Å². The second-order valence-corrected chi connectivity index (χ2v) is 5.16. The van der Waals surface area contributed by atoms with E-state index in [0.717, 1.165) is 16.9 Å². The van der Waals surface area contributed by atoms with E-state index >= 15 is 0 Å². The summed E-state index contributed by atoms with van der Waals surface area (Å²) in [6.45, 7) is 8.31. The molecule has 0 saturated carbocycles. The molecule has 3 nitrogen and oxygen atoms in total. The third-order valence-corrected chi connectivity index (χ3v) is 2.72. The van der Waals surface area contributed by atoms with Crippen LogP contribution in [0.15, 0.2) is 12.3 Å². The van der Waals surface area contributed by atoms with Gasteiger partial charge in [0.05, 0.1) is 5.69 Å². The molecule has 0 aliphatic carbocycles. The predicted octanol–water partition coefficient (Wildman–Crippen LogP) is 2.99. The van der Waals surface area contributed by atoms with Crippen molar-refractivity contribution >= 4 is 17.2 Å². The number of halogens is 1. The van der Waals surface area contributed by atoms with Crippen LogP contribution in [-0.2, 0) is 5.41 Å². The van der Waals surface area contributed by atoms with E-state index in [4.69, 9.17) is 11.6 Å². The molecule has 0 spiro atoms. The van der Waals surface area contributed by atoms with Crippen LogP contribution in [0.3, 0.4) is 0 Å². The van der Waals surface area contributed by atoms with E-state index < -0.39 is 0 Å². The lowest BCUT2D eigenvalue weighted by Crippen LogP contribution is -2.11. The molecule has 2 aromatic heterocycles. The van der Waals surface area contributed by atoms with Crippen molar-refractivity contribution in [3.63, 3.8) is 0 Å². The normalized spacial score (nSPS) is 12.3. The smallest absolute Gasteiger partial charge is 0.156 e. The Hall–Kier alpha value is -1.09. The number of aryl methyl sites for hydroxylation is 1. The topological polar surface area (TPSA) is 30.2 Å². The molecule has 0 unspecified atom stereocenters. The van der Waals surface area contributed by atoms with Crippen molar-refractivity contribution in [2.24, 2.45) is 0 Å². The van der Waals surface area contributed by atoms with Crippen molar-refractivity contribution in [2.75, 3.05) is 0 Å². The van der Waals surface area contributed by atoms with Gasteiger partial charge >= 0.3 is 0 Å². The molecule has 0 radical (unpaired) electrons. The highest BCUT2D eigenvalue weighted by molar-refractivity contribution is 6.30. The van der Waals surface area contributed by atoms with Gasteiger partial charge in [0, 0.05) is 23.2 Å². The number of hydrogen-bond acceptors (Lipinski definition) is 2.